The Labute approximate surface area is 131 Å². The van der Waals surface area contributed by atoms with Crippen molar-refractivity contribution in [3.63, 3.8) is 0 Å². The maximum atomic E-state index is 6.46. The number of nitrogen functional groups attached to an aromatic ring is 1. The van der Waals surface area contributed by atoms with Crippen molar-refractivity contribution in [2.45, 2.75) is 32.1 Å². The van der Waals surface area contributed by atoms with Gasteiger partial charge in [0.25, 0.3) is 0 Å². The van der Waals surface area contributed by atoms with Crippen molar-refractivity contribution in [2.24, 2.45) is 0 Å². The molecule has 0 spiro atoms. The molecule has 0 aliphatic heterocycles. The first-order valence-electron chi connectivity index (χ1n) is 8.05. The summed E-state index contributed by atoms with van der Waals surface area (Å²) in [5.41, 5.74) is 13.6. The monoisotopic (exact) mass is 288 g/mol. The molecule has 0 bridgehead atoms. The molecule has 2 heteroatoms. The standard InChI is InChI=1S/C20H20N2/c21-20-16-8-4-5-9-18(16)22-19-11-10-15(13-17(19)20)12-14-6-2-1-3-7-14/h1-3,6-7,10-11,13H,4-5,8-9,12H2,(H2,21,22). The minimum absolute atomic E-state index is 0.938. The van der Waals surface area contributed by atoms with Gasteiger partial charge in [-0.1, -0.05) is 36.4 Å². The summed E-state index contributed by atoms with van der Waals surface area (Å²) in [7, 11) is 0. The minimum atomic E-state index is 0.938. The Bertz CT molecular complexity index is 822. The highest BCUT2D eigenvalue weighted by Gasteiger charge is 2.16. The molecule has 0 amide bonds. The molecule has 0 atom stereocenters. The SMILES string of the molecule is Nc1c2c(nc3ccc(Cc4ccccc4)cc13)CCCC2. The zero-order valence-electron chi connectivity index (χ0n) is 12.7. The van der Waals surface area contributed by atoms with Gasteiger partial charge in [-0.25, -0.2) is 0 Å². The second-order valence-corrected chi connectivity index (χ2v) is 6.17. The van der Waals surface area contributed by atoms with Crippen LogP contribution in [-0.4, -0.2) is 4.98 Å². The quantitative estimate of drug-likeness (QED) is 0.764. The second kappa shape index (κ2) is 5.45. The molecule has 3 aromatic rings. The third kappa shape index (κ3) is 2.35. The number of hydrogen-bond donors (Lipinski definition) is 1. The number of pyridine rings is 1. The summed E-state index contributed by atoms with van der Waals surface area (Å²) in [5.74, 6) is 0. The average molecular weight is 288 g/mol. The summed E-state index contributed by atoms with van der Waals surface area (Å²) in [6.45, 7) is 0. The Morgan fingerprint density at radius 3 is 2.59 bits per heavy atom. The van der Waals surface area contributed by atoms with Gasteiger partial charge in [-0.3, -0.25) is 4.98 Å². The van der Waals surface area contributed by atoms with Crippen LogP contribution in [0, 0.1) is 0 Å². The lowest BCUT2D eigenvalue weighted by Gasteiger charge is -2.18. The highest BCUT2D eigenvalue weighted by atomic mass is 14.7. The average Bonchev–Trinajstić information content (AvgIpc) is 2.57. The van der Waals surface area contributed by atoms with E-state index in [0.717, 1.165) is 35.9 Å². The Balaban J connectivity index is 1.78. The van der Waals surface area contributed by atoms with Crippen molar-refractivity contribution in [3.8, 4) is 0 Å². The lowest BCUT2D eigenvalue weighted by Crippen LogP contribution is -2.09. The van der Waals surface area contributed by atoms with E-state index < -0.39 is 0 Å². The summed E-state index contributed by atoms with van der Waals surface area (Å²) >= 11 is 0. The largest absolute Gasteiger partial charge is 0.398 e. The highest BCUT2D eigenvalue weighted by molar-refractivity contribution is 5.92. The first kappa shape index (κ1) is 13.3. The predicted molar refractivity (Wildman–Crippen MR) is 92.0 cm³/mol. The molecule has 22 heavy (non-hydrogen) atoms. The third-order valence-electron chi connectivity index (χ3n) is 4.62. The number of aromatic nitrogens is 1. The zero-order chi connectivity index (χ0) is 14.9. The zero-order valence-corrected chi connectivity index (χ0v) is 12.7. The van der Waals surface area contributed by atoms with E-state index in [2.05, 4.69) is 48.5 Å². The van der Waals surface area contributed by atoms with Crippen molar-refractivity contribution in [3.05, 3.63) is 70.9 Å². The van der Waals surface area contributed by atoms with Gasteiger partial charge in [0.1, 0.15) is 0 Å². The molecule has 0 unspecified atom stereocenters. The highest BCUT2D eigenvalue weighted by Crippen LogP contribution is 2.31. The fourth-order valence-electron chi connectivity index (χ4n) is 3.45. The summed E-state index contributed by atoms with van der Waals surface area (Å²) in [5, 5.41) is 1.12. The molecule has 0 fully saturated rings. The van der Waals surface area contributed by atoms with Crippen LogP contribution in [-0.2, 0) is 19.3 Å². The first-order chi connectivity index (χ1) is 10.8. The summed E-state index contributed by atoms with van der Waals surface area (Å²) < 4.78 is 0. The van der Waals surface area contributed by atoms with Gasteiger partial charge < -0.3 is 5.73 Å². The Morgan fingerprint density at radius 2 is 1.73 bits per heavy atom. The molecule has 1 aliphatic carbocycles. The Hall–Kier alpha value is -2.35. The maximum absolute atomic E-state index is 6.46. The van der Waals surface area contributed by atoms with Crippen LogP contribution in [0.4, 0.5) is 5.69 Å². The number of hydrogen-bond acceptors (Lipinski definition) is 2. The van der Waals surface area contributed by atoms with Crippen LogP contribution < -0.4 is 5.73 Å². The Kier molecular flexibility index (Phi) is 3.30. The van der Waals surface area contributed by atoms with E-state index in [-0.39, 0.29) is 0 Å². The smallest absolute Gasteiger partial charge is 0.0726 e. The Morgan fingerprint density at radius 1 is 0.909 bits per heavy atom. The summed E-state index contributed by atoms with van der Waals surface area (Å²) in [6.07, 6.45) is 5.55. The van der Waals surface area contributed by atoms with Crippen molar-refractivity contribution < 1.29 is 0 Å². The van der Waals surface area contributed by atoms with Gasteiger partial charge in [0.15, 0.2) is 0 Å². The maximum Gasteiger partial charge on any atom is 0.0726 e. The van der Waals surface area contributed by atoms with Gasteiger partial charge in [0, 0.05) is 16.8 Å². The lowest BCUT2D eigenvalue weighted by molar-refractivity contribution is 0.673. The van der Waals surface area contributed by atoms with Crippen LogP contribution in [0.1, 0.15) is 35.2 Å². The molecule has 2 N–H and O–H groups in total. The first-order valence-corrected chi connectivity index (χ1v) is 8.05. The lowest BCUT2D eigenvalue weighted by atomic mass is 9.92. The van der Waals surface area contributed by atoms with Crippen molar-refractivity contribution in [1.29, 1.82) is 0 Å². The molecular weight excluding hydrogens is 268 g/mol. The van der Waals surface area contributed by atoms with Gasteiger partial charge in [-0.15, -0.1) is 0 Å². The topological polar surface area (TPSA) is 38.9 Å². The normalized spacial score (nSPS) is 14.0. The van der Waals surface area contributed by atoms with Crippen LogP contribution in [0.3, 0.4) is 0 Å². The number of nitrogens with zero attached hydrogens (tertiary/aromatic N) is 1. The molecule has 1 aromatic heterocycles. The third-order valence-corrected chi connectivity index (χ3v) is 4.62. The number of fused-ring (bicyclic) bond motifs is 2. The van der Waals surface area contributed by atoms with Crippen LogP contribution in [0.25, 0.3) is 10.9 Å². The van der Waals surface area contributed by atoms with Crippen molar-refractivity contribution in [1.82, 2.24) is 4.98 Å². The van der Waals surface area contributed by atoms with Gasteiger partial charge in [0.05, 0.1) is 5.52 Å². The summed E-state index contributed by atoms with van der Waals surface area (Å²) in [4.78, 5) is 4.84. The van der Waals surface area contributed by atoms with E-state index in [1.807, 2.05) is 0 Å². The second-order valence-electron chi connectivity index (χ2n) is 6.17. The van der Waals surface area contributed by atoms with Crippen LogP contribution in [0.2, 0.25) is 0 Å². The van der Waals surface area contributed by atoms with E-state index in [4.69, 9.17) is 10.7 Å². The van der Waals surface area contributed by atoms with Crippen molar-refractivity contribution >= 4 is 16.6 Å². The molecule has 0 saturated carbocycles. The van der Waals surface area contributed by atoms with E-state index in [9.17, 15) is 0 Å². The van der Waals surface area contributed by atoms with Gasteiger partial charge in [-0.2, -0.15) is 0 Å². The van der Waals surface area contributed by atoms with Crippen LogP contribution >= 0.6 is 0 Å². The molecule has 0 saturated heterocycles. The van der Waals surface area contributed by atoms with Gasteiger partial charge in [0.2, 0.25) is 0 Å². The summed E-state index contributed by atoms with van der Waals surface area (Å²) in [6, 6.07) is 17.1. The number of aryl methyl sites for hydroxylation is 1. The minimum Gasteiger partial charge on any atom is -0.398 e. The molecule has 1 aliphatic rings. The van der Waals surface area contributed by atoms with E-state index in [1.54, 1.807) is 0 Å². The van der Waals surface area contributed by atoms with Gasteiger partial charge in [-0.05, 0) is 60.9 Å². The molecule has 110 valence electrons. The van der Waals surface area contributed by atoms with Crippen molar-refractivity contribution in [2.75, 3.05) is 5.73 Å². The number of benzene rings is 2. The number of rotatable bonds is 2. The molecule has 2 aromatic carbocycles. The van der Waals surface area contributed by atoms with Crippen LogP contribution in [0.15, 0.2) is 48.5 Å². The van der Waals surface area contributed by atoms with E-state index in [0.29, 0.717) is 0 Å². The molecule has 0 radical (unpaired) electrons. The fraction of sp³-hybridized carbons (Fsp3) is 0.250. The van der Waals surface area contributed by atoms with E-state index >= 15 is 0 Å². The van der Waals surface area contributed by atoms with Crippen LogP contribution in [0.5, 0.6) is 0 Å². The fourth-order valence-corrected chi connectivity index (χ4v) is 3.45. The molecule has 4 rings (SSSR count). The number of anilines is 1. The predicted octanol–water partition coefficient (Wildman–Crippen LogP) is 4.29. The molecule has 1 heterocycles. The molecule has 2 nitrogen and oxygen atoms in total. The van der Waals surface area contributed by atoms with E-state index in [1.165, 1.54) is 35.2 Å². The molecular formula is C20H20N2. The number of nitrogens with two attached hydrogens (primary N) is 1. The van der Waals surface area contributed by atoms with Gasteiger partial charge >= 0.3 is 0 Å².